The van der Waals surface area contributed by atoms with Gasteiger partial charge in [-0.3, -0.25) is 0 Å². The lowest BCUT2D eigenvalue weighted by atomic mass is 10.0. The molecule has 1 nitrogen and oxygen atoms in total. The van der Waals surface area contributed by atoms with E-state index in [1.54, 1.807) is 4.91 Å². The van der Waals surface area contributed by atoms with Crippen LogP contribution in [0.3, 0.4) is 0 Å². The van der Waals surface area contributed by atoms with Crippen LogP contribution in [0.25, 0.3) is 0 Å². The fourth-order valence-corrected chi connectivity index (χ4v) is 3.50. The van der Waals surface area contributed by atoms with Crippen molar-refractivity contribution in [3.8, 4) is 0 Å². The molecule has 1 heterocycles. The summed E-state index contributed by atoms with van der Waals surface area (Å²) in [5, 5.41) is 3.46. The summed E-state index contributed by atoms with van der Waals surface area (Å²) in [7, 11) is 0. The second-order valence-electron chi connectivity index (χ2n) is 2.71. The average molecular weight is 220 g/mol. The smallest absolute Gasteiger partial charge is 0.0468 e. The first-order valence-corrected chi connectivity index (χ1v) is 5.40. The van der Waals surface area contributed by atoms with E-state index in [9.17, 15) is 0 Å². The Balaban J connectivity index is 2.25. The van der Waals surface area contributed by atoms with Gasteiger partial charge in [-0.1, -0.05) is 15.9 Å². The first-order valence-electron chi connectivity index (χ1n) is 3.62. The molecule has 56 valence electrons. The molecular weight excluding hydrogens is 210 g/mol. The molecular formula is C7H10BrNS. The van der Waals surface area contributed by atoms with Crippen LogP contribution in [0.2, 0.25) is 0 Å². The van der Waals surface area contributed by atoms with Crippen LogP contribution in [-0.2, 0) is 0 Å². The van der Waals surface area contributed by atoms with E-state index in [1.165, 1.54) is 23.7 Å². The molecule has 3 heteroatoms. The Bertz CT molecular complexity index is 178. The van der Waals surface area contributed by atoms with Gasteiger partial charge in [0.1, 0.15) is 0 Å². The van der Waals surface area contributed by atoms with Crippen LogP contribution in [0.15, 0.2) is 9.39 Å². The number of nitrogens with one attached hydrogen (secondary N) is 1. The molecule has 1 unspecified atom stereocenters. The predicted molar refractivity (Wildman–Crippen MR) is 49.2 cm³/mol. The van der Waals surface area contributed by atoms with Gasteiger partial charge in [0.15, 0.2) is 0 Å². The van der Waals surface area contributed by atoms with Gasteiger partial charge in [0.05, 0.1) is 0 Å². The molecule has 10 heavy (non-hydrogen) atoms. The molecule has 2 rings (SSSR count). The van der Waals surface area contributed by atoms with E-state index < -0.39 is 0 Å². The summed E-state index contributed by atoms with van der Waals surface area (Å²) >= 11 is 5.57. The summed E-state index contributed by atoms with van der Waals surface area (Å²) in [5.41, 5.74) is 0. The van der Waals surface area contributed by atoms with Gasteiger partial charge in [-0.25, -0.2) is 0 Å². The normalized spacial score (nSPS) is 32.7. The van der Waals surface area contributed by atoms with Gasteiger partial charge in [0.25, 0.3) is 0 Å². The summed E-state index contributed by atoms with van der Waals surface area (Å²) in [6.45, 7) is 0. The Morgan fingerprint density at radius 2 is 2.50 bits per heavy atom. The molecule has 0 spiro atoms. The number of hydrogen-bond donors (Lipinski definition) is 1. The highest BCUT2D eigenvalue weighted by Crippen LogP contribution is 2.39. The summed E-state index contributed by atoms with van der Waals surface area (Å²) in [5.74, 6) is 1.11. The number of halogens is 1. The summed E-state index contributed by atoms with van der Waals surface area (Å²) < 4.78 is 1.44. The minimum Gasteiger partial charge on any atom is -0.300 e. The molecule has 1 aliphatic heterocycles. The fourth-order valence-electron chi connectivity index (χ4n) is 1.50. The highest BCUT2D eigenvalue weighted by molar-refractivity contribution is 9.11. The van der Waals surface area contributed by atoms with Gasteiger partial charge < -0.3 is 5.32 Å². The fraction of sp³-hybridized carbons (Fsp3) is 0.714. The molecule has 0 radical (unpaired) electrons. The van der Waals surface area contributed by atoms with Crippen molar-refractivity contribution in [3.63, 3.8) is 0 Å². The molecule has 0 bridgehead atoms. The third-order valence-corrected chi connectivity index (χ3v) is 4.27. The standard InChI is InChI=1S/C7H10BrNS/c8-5-2-1-3-6-7(5)10-4-9-6/h6,9H,1-4H2. The molecule has 2 aliphatic rings. The molecule has 0 aromatic heterocycles. The highest BCUT2D eigenvalue weighted by Gasteiger charge is 2.26. The van der Waals surface area contributed by atoms with Gasteiger partial charge in [0, 0.05) is 21.3 Å². The van der Waals surface area contributed by atoms with Crippen molar-refractivity contribution in [1.82, 2.24) is 5.32 Å². The Morgan fingerprint density at radius 3 is 3.30 bits per heavy atom. The maximum atomic E-state index is 3.61. The monoisotopic (exact) mass is 219 g/mol. The lowest BCUT2D eigenvalue weighted by molar-refractivity contribution is 0.564. The lowest BCUT2D eigenvalue weighted by Gasteiger charge is -2.18. The van der Waals surface area contributed by atoms with Crippen molar-refractivity contribution in [1.29, 1.82) is 0 Å². The molecule has 0 saturated carbocycles. The zero-order valence-corrected chi connectivity index (χ0v) is 8.09. The molecule has 1 saturated heterocycles. The highest BCUT2D eigenvalue weighted by atomic mass is 79.9. The number of allylic oxidation sites excluding steroid dienone is 1. The third kappa shape index (κ3) is 1.15. The molecule has 0 amide bonds. The average Bonchev–Trinajstić information content (AvgIpc) is 2.36. The minimum absolute atomic E-state index is 0.688. The van der Waals surface area contributed by atoms with Crippen molar-refractivity contribution in [3.05, 3.63) is 9.39 Å². The minimum atomic E-state index is 0.688. The zero-order chi connectivity index (χ0) is 6.97. The van der Waals surface area contributed by atoms with Crippen molar-refractivity contribution in [2.45, 2.75) is 25.3 Å². The molecule has 1 N–H and O–H groups in total. The van der Waals surface area contributed by atoms with Crippen molar-refractivity contribution in [2.75, 3.05) is 5.88 Å². The van der Waals surface area contributed by atoms with Crippen LogP contribution in [0.1, 0.15) is 19.3 Å². The van der Waals surface area contributed by atoms with E-state index in [-0.39, 0.29) is 0 Å². The Kier molecular flexibility index (Phi) is 2.07. The van der Waals surface area contributed by atoms with E-state index in [0.29, 0.717) is 6.04 Å². The molecule has 0 aromatic carbocycles. The SMILES string of the molecule is BrC1=C2SCNC2CCC1. The summed E-state index contributed by atoms with van der Waals surface area (Å²) in [6.07, 6.45) is 3.92. The Hall–Kier alpha value is 0.530. The maximum absolute atomic E-state index is 3.61. The van der Waals surface area contributed by atoms with E-state index in [4.69, 9.17) is 0 Å². The predicted octanol–water partition coefficient (Wildman–Crippen LogP) is 2.44. The van der Waals surface area contributed by atoms with Crippen LogP contribution < -0.4 is 5.32 Å². The van der Waals surface area contributed by atoms with Gasteiger partial charge >= 0.3 is 0 Å². The van der Waals surface area contributed by atoms with Crippen LogP contribution in [0.4, 0.5) is 0 Å². The second kappa shape index (κ2) is 2.88. The molecule has 1 aliphatic carbocycles. The molecule has 1 atom stereocenters. The van der Waals surface area contributed by atoms with Gasteiger partial charge in [-0.05, 0) is 19.3 Å². The first kappa shape index (κ1) is 7.19. The number of hydrogen-bond acceptors (Lipinski definition) is 2. The van der Waals surface area contributed by atoms with E-state index in [2.05, 4.69) is 21.2 Å². The Morgan fingerprint density at radius 1 is 1.60 bits per heavy atom. The zero-order valence-electron chi connectivity index (χ0n) is 5.69. The number of fused-ring (bicyclic) bond motifs is 1. The van der Waals surface area contributed by atoms with Crippen LogP contribution in [0.5, 0.6) is 0 Å². The largest absolute Gasteiger partial charge is 0.300 e. The number of thioether (sulfide) groups is 1. The van der Waals surface area contributed by atoms with Crippen LogP contribution in [0, 0.1) is 0 Å². The number of rotatable bonds is 0. The van der Waals surface area contributed by atoms with Crippen LogP contribution in [-0.4, -0.2) is 11.9 Å². The van der Waals surface area contributed by atoms with Crippen molar-refractivity contribution >= 4 is 27.7 Å². The summed E-state index contributed by atoms with van der Waals surface area (Å²) in [6, 6.07) is 0.688. The van der Waals surface area contributed by atoms with E-state index in [1.807, 2.05) is 11.8 Å². The first-order chi connectivity index (χ1) is 4.88. The van der Waals surface area contributed by atoms with Gasteiger partial charge in [-0.2, -0.15) is 0 Å². The quantitative estimate of drug-likeness (QED) is 0.672. The third-order valence-electron chi connectivity index (χ3n) is 2.03. The molecule has 0 aromatic rings. The maximum Gasteiger partial charge on any atom is 0.0468 e. The van der Waals surface area contributed by atoms with Gasteiger partial charge in [-0.15, -0.1) is 11.8 Å². The molecule has 1 fully saturated rings. The van der Waals surface area contributed by atoms with Crippen LogP contribution >= 0.6 is 27.7 Å². The Labute approximate surface area is 73.8 Å². The van der Waals surface area contributed by atoms with E-state index >= 15 is 0 Å². The van der Waals surface area contributed by atoms with E-state index in [0.717, 1.165) is 5.88 Å². The topological polar surface area (TPSA) is 12.0 Å². The van der Waals surface area contributed by atoms with Crippen molar-refractivity contribution in [2.24, 2.45) is 0 Å². The van der Waals surface area contributed by atoms with Gasteiger partial charge in [0.2, 0.25) is 0 Å². The van der Waals surface area contributed by atoms with Crippen molar-refractivity contribution < 1.29 is 0 Å². The second-order valence-corrected chi connectivity index (χ2v) is 4.68. The lowest BCUT2D eigenvalue weighted by Crippen LogP contribution is -2.24. The summed E-state index contributed by atoms with van der Waals surface area (Å²) in [4.78, 5) is 1.56.